The minimum absolute atomic E-state index is 0.139. The maximum absolute atomic E-state index is 8.33. The van der Waals surface area contributed by atoms with E-state index < -0.39 is 0 Å². The Balaban J connectivity index is 3.98. The lowest BCUT2D eigenvalue weighted by atomic mass is 10.3. The van der Waals surface area contributed by atoms with Gasteiger partial charge in [0.05, 0.1) is 11.6 Å². The van der Waals surface area contributed by atoms with Gasteiger partial charge in [-0.1, -0.05) is 6.08 Å². The predicted molar refractivity (Wildman–Crippen MR) is 45.4 cm³/mol. The van der Waals surface area contributed by atoms with Crippen LogP contribution in [-0.4, -0.2) is 8.94 Å². The molecular formula is C6H8IN. The van der Waals surface area contributed by atoms with Gasteiger partial charge in [0.25, 0.3) is 0 Å². The lowest BCUT2D eigenvalue weighted by Crippen LogP contribution is -1.72. The van der Waals surface area contributed by atoms with Crippen LogP contribution in [0.1, 0.15) is 6.92 Å². The van der Waals surface area contributed by atoms with Gasteiger partial charge in [-0.3, -0.25) is 0 Å². The molecule has 0 rings (SSSR count). The molecule has 0 aliphatic carbocycles. The number of allylic oxidation sites excluding steroid dienone is 2. The number of hydrogen-bond donors (Lipinski definition) is 0. The molecule has 0 radical (unpaired) electrons. The quantitative estimate of drug-likeness (QED) is 0.376. The molecule has 8 heavy (non-hydrogen) atoms. The fraction of sp³-hybridized carbons (Fsp3) is 0.333. The van der Waals surface area contributed by atoms with Crippen LogP contribution < -0.4 is 0 Å². The molecular weight excluding hydrogens is 213 g/mol. The van der Waals surface area contributed by atoms with Crippen LogP contribution in [0.4, 0.5) is 0 Å². The molecule has 0 aliphatic heterocycles. The van der Waals surface area contributed by atoms with Crippen LogP contribution in [0.25, 0.3) is 0 Å². The van der Waals surface area contributed by atoms with Crippen molar-refractivity contribution >= 4 is 24.7 Å². The molecule has 0 heterocycles. The molecule has 0 bridgehead atoms. The first-order chi connectivity index (χ1) is 3.85. The zero-order valence-corrected chi connectivity index (χ0v) is 7.14. The lowest BCUT2D eigenvalue weighted by Gasteiger charge is -1.77. The van der Waals surface area contributed by atoms with Gasteiger partial charge < -0.3 is 0 Å². The highest BCUT2D eigenvalue weighted by molar-refractivity contribution is 14.2. The highest BCUT2D eigenvalue weighted by atomic mass is 127. The molecule has 0 aromatic carbocycles. The minimum Gasteiger partial charge on any atom is -0.192 e. The Morgan fingerprint density at radius 1 is 1.75 bits per heavy atom. The van der Waals surface area contributed by atoms with Crippen molar-refractivity contribution in [2.75, 3.05) is 4.93 Å². The molecule has 1 nitrogen and oxygen atoms in total. The summed E-state index contributed by atoms with van der Waals surface area (Å²) in [5.41, 5.74) is 0.820. The van der Waals surface area contributed by atoms with E-state index in [1.165, 1.54) is 0 Å². The average molecular weight is 221 g/mol. The Morgan fingerprint density at radius 3 is 2.50 bits per heavy atom. The smallest absolute Gasteiger partial charge is 0.0992 e. The van der Waals surface area contributed by atoms with Crippen LogP contribution in [0.5, 0.6) is 0 Å². The molecule has 0 N–H and O–H groups in total. The zero-order valence-electron chi connectivity index (χ0n) is 4.98. The van der Waals surface area contributed by atoms with E-state index in [9.17, 15) is 0 Å². The second-order valence-corrected chi connectivity index (χ2v) is 3.05. The molecule has 0 aromatic heterocycles. The number of nitriles is 1. The minimum atomic E-state index is 0.139. The van der Waals surface area contributed by atoms with Gasteiger partial charge in [0.2, 0.25) is 0 Å². The summed E-state index contributed by atoms with van der Waals surface area (Å²) in [5, 5.41) is 8.33. The van der Waals surface area contributed by atoms with Gasteiger partial charge in [-0.25, -0.2) is 0 Å². The number of nitrogens with zero attached hydrogens (tertiary/aromatic N) is 1. The van der Waals surface area contributed by atoms with Gasteiger partial charge in [-0.15, -0.1) is 20.7 Å². The van der Waals surface area contributed by atoms with Crippen molar-refractivity contribution in [2.45, 2.75) is 6.92 Å². The summed E-state index contributed by atoms with van der Waals surface area (Å²) in [6.45, 7) is 1.88. The topological polar surface area (TPSA) is 23.8 Å². The van der Waals surface area contributed by atoms with Crippen LogP contribution in [0.2, 0.25) is 0 Å². The Morgan fingerprint density at radius 2 is 2.38 bits per heavy atom. The molecule has 0 aromatic rings. The Labute approximate surface area is 59.8 Å². The molecule has 0 atom stereocenters. The van der Waals surface area contributed by atoms with Gasteiger partial charge in [0.15, 0.2) is 0 Å². The second-order valence-electron chi connectivity index (χ2n) is 1.18. The van der Waals surface area contributed by atoms with Crippen molar-refractivity contribution in [3.05, 3.63) is 11.6 Å². The van der Waals surface area contributed by atoms with Crippen LogP contribution in [0, 0.1) is 11.3 Å². The fourth-order valence-corrected chi connectivity index (χ4v) is 1.44. The van der Waals surface area contributed by atoms with Gasteiger partial charge in [-0.2, -0.15) is 5.26 Å². The fourth-order valence-electron chi connectivity index (χ4n) is 0.269. The number of alkyl halides is 1. The third kappa shape index (κ3) is 2.92. The number of rotatable bonds is 1. The average Bonchev–Trinajstić information content (AvgIpc) is 1.83. The highest BCUT2D eigenvalue weighted by Gasteiger charge is 1.79. The van der Waals surface area contributed by atoms with Crippen molar-refractivity contribution in [1.29, 1.82) is 5.26 Å². The van der Waals surface area contributed by atoms with E-state index >= 15 is 0 Å². The Hall–Kier alpha value is -0.170. The van der Waals surface area contributed by atoms with E-state index in [0.717, 1.165) is 5.57 Å². The van der Waals surface area contributed by atoms with Crippen molar-refractivity contribution in [1.82, 2.24) is 0 Å². The van der Waals surface area contributed by atoms with E-state index in [2.05, 4.69) is 11.0 Å². The molecule has 0 spiro atoms. The van der Waals surface area contributed by atoms with E-state index in [-0.39, 0.29) is 20.7 Å². The zero-order chi connectivity index (χ0) is 6.41. The van der Waals surface area contributed by atoms with E-state index in [1.54, 1.807) is 0 Å². The highest BCUT2D eigenvalue weighted by Crippen LogP contribution is 1.92. The Bertz CT molecular complexity index is 150. The molecule has 0 saturated carbocycles. The first-order valence-corrected chi connectivity index (χ1v) is 5.63. The van der Waals surface area contributed by atoms with E-state index in [0.29, 0.717) is 0 Å². The summed E-state index contributed by atoms with van der Waals surface area (Å²) in [6, 6.07) is 2.09. The summed E-state index contributed by atoms with van der Waals surface area (Å²) < 4.78 is 2.01. The first kappa shape index (κ1) is 7.83. The van der Waals surface area contributed by atoms with E-state index in [1.807, 2.05) is 17.0 Å². The van der Waals surface area contributed by atoms with Crippen molar-refractivity contribution < 1.29 is 0 Å². The van der Waals surface area contributed by atoms with Gasteiger partial charge in [0.1, 0.15) is 0 Å². The summed E-state index contributed by atoms with van der Waals surface area (Å²) >= 11 is 0.139. The van der Waals surface area contributed by atoms with Crippen LogP contribution in [0.3, 0.4) is 0 Å². The van der Waals surface area contributed by atoms with E-state index in [4.69, 9.17) is 5.26 Å². The predicted octanol–water partition coefficient (Wildman–Crippen LogP) is 1.86. The van der Waals surface area contributed by atoms with Crippen LogP contribution in [-0.2, 0) is 0 Å². The van der Waals surface area contributed by atoms with Crippen LogP contribution in [0.15, 0.2) is 11.6 Å². The summed E-state index contributed by atoms with van der Waals surface area (Å²) in [4.78, 5) is 2.12. The van der Waals surface area contributed by atoms with Crippen molar-refractivity contribution in [3.63, 3.8) is 0 Å². The SMILES string of the molecule is C/C=C(/C#N)C=IC. The number of halogens is 1. The number of hydrogen-bond acceptors (Lipinski definition) is 1. The van der Waals surface area contributed by atoms with Gasteiger partial charge >= 0.3 is 0 Å². The normalized spacial score (nSPS) is 12.9. The summed E-state index contributed by atoms with van der Waals surface area (Å²) in [6.07, 6.45) is 1.84. The van der Waals surface area contributed by atoms with Crippen molar-refractivity contribution in [3.8, 4) is 6.07 Å². The molecule has 0 fully saturated rings. The van der Waals surface area contributed by atoms with Gasteiger partial charge in [-0.05, 0) is 15.9 Å². The van der Waals surface area contributed by atoms with Crippen molar-refractivity contribution in [2.24, 2.45) is 0 Å². The molecule has 0 aliphatic rings. The maximum atomic E-state index is 8.33. The standard InChI is InChI=1S/C6H8IN/c1-3-6(5-8)4-7-2/h3-4H,1-2H3/b6-3+. The third-order valence-corrected chi connectivity index (χ3v) is 1.96. The Kier molecular flexibility index (Phi) is 4.87. The monoisotopic (exact) mass is 221 g/mol. The summed E-state index contributed by atoms with van der Waals surface area (Å²) in [5.74, 6) is 0. The van der Waals surface area contributed by atoms with Gasteiger partial charge in [0, 0.05) is 0 Å². The third-order valence-electron chi connectivity index (χ3n) is 0.667. The molecule has 0 unspecified atom stereocenters. The molecule has 44 valence electrons. The molecule has 2 heteroatoms. The summed E-state index contributed by atoms with van der Waals surface area (Å²) in [7, 11) is 0. The molecule has 0 saturated heterocycles. The lowest BCUT2D eigenvalue weighted by molar-refractivity contribution is 1.51. The van der Waals surface area contributed by atoms with Crippen LogP contribution >= 0.6 is 20.7 Å². The first-order valence-electron chi connectivity index (χ1n) is 2.22. The second kappa shape index (κ2) is 4.98. The largest absolute Gasteiger partial charge is 0.192 e. The molecule has 0 amide bonds. The maximum Gasteiger partial charge on any atom is 0.0992 e.